The number of ether oxygens (including phenoxy) is 1. The Labute approximate surface area is 140 Å². The molecule has 128 valence electrons. The zero-order valence-corrected chi connectivity index (χ0v) is 13.7. The van der Waals surface area contributed by atoms with Crippen LogP contribution in [0, 0.1) is 5.92 Å². The lowest BCUT2D eigenvalue weighted by molar-refractivity contribution is -0.0824. The Morgan fingerprint density at radius 1 is 1.43 bits per heavy atom. The molecule has 1 saturated carbocycles. The van der Waals surface area contributed by atoms with E-state index in [4.69, 9.17) is 4.74 Å². The van der Waals surface area contributed by atoms with Gasteiger partial charge in [0.2, 0.25) is 0 Å². The summed E-state index contributed by atoms with van der Waals surface area (Å²) in [5.74, 6) is 1.28. The van der Waals surface area contributed by atoms with Crippen molar-refractivity contribution in [1.82, 2.24) is 0 Å². The van der Waals surface area contributed by atoms with Crippen molar-refractivity contribution in [3.63, 3.8) is 0 Å². The van der Waals surface area contributed by atoms with Gasteiger partial charge in [0, 0.05) is 11.5 Å². The van der Waals surface area contributed by atoms with Gasteiger partial charge >= 0.3 is 0 Å². The maximum atomic E-state index is 10.7. The first-order valence-electron chi connectivity index (χ1n) is 8.25. The third kappa shape index (κ3) is 2.87. The molecule has 0 amide bonds. The summed E-state index contributed by atoms with van der Waals surface area (Å²) in [6.45, 7) is 10.1. The molecule has 2 N–H and O–H groups in total. The van der Waals surface area contributed by atoms with Crippen LogP contribution in [0.1, 0.15) is 64.5 Å². The summed E-state index contributed by atoms with van der Waals surface area (Å²) in [4.78, 5) is 0. The third-order valence-corrected chi connectivity index (χ3v) is 5.27. The SMILES string of the molecule is C.C=C(C)[C@@H]1CC[C@](C)(O)[C@H]2Oc3cc(CCC)cc(O)c3[C@@H]12. The zero-order chi connectivity index (χ0) is 16.1. The first-order valence-corrected chi connectivity index (χ1v) is 8.25. The van der Waals surface area contributed by atoms with E-state index in [2.05, 4.69) is 13.5 Å². The molecule has 3 heteroatoms. The van der Waals surface area contributed by atoms with Crippen LogP contribution in [0.25, 0.3) is 0 Å². The van der Waals surface area contributed by atoms with Gasteiger partial charge in [-0.1, -0.05) is 32.9 Å². The topological polar surface area (TPSA) is 49.7 Å². The van der Waals surface area contributed by atoms with Crippen LogP contribution < -0.4 is 4.74 Å². The lowest BCUT2D eigenvalue weighted by atomic mass is 9.66. The molecule has 1 aromatic rings. The van der Waals surface area contributed by atoms with Crippen LogP contribution in [0.2, 0.25) is 0 Å². The summed E-state index contributed by atoms with van der Waals surface area (Å²) in [6.07, 6.45) is 3.21. The average molecular weight is 318 g/mol. The lowest BCUT2D eigenvalue weighted by Gasteiger charge is -2.42. The van der Waals surface area contributed by atoms with E-state index in [0.717, 1.165) is 41.7 Å². The van der Waals surface area contributed by atoms with Gasteiger partial charge in [0.25, 0.3) is 0 Å². The fraction of sp³-hybridized carbons (Fsp3) is 0.600. The number of allylic oxidation sites excluding steroid dienone is 1. The fourth-order valence-electron chi connectivity index (χ4n) is 4.14. The highest BCUT2D eigenvalue weighted by atomic mass is 16.5. The van der Waals surface area contributed by atoms with Crippen LogP contribution in [0.5, 0.6) is 11.5 Å². The number of aromatic hydroxyl groups is 1. The Morgan fingerprint density at radius 2 is 2.13 bits per heavy atom. The third-order valence-electron chi connectivity index (χ3n) is 5.27. The largest absolute Gasteiger partial charge is 0.508 e. The maximum Gasteiger partial charge on any atom is 0.135 e. The Balaban J connectivity index is 0.00000192. The van der Waals surface area contributed by atoms with Crippen molar-refractivity contribution < 1.29 is 14.9 Å². The van der Waals surface area contributed by atoms with Crippen LogP contribution in [0.4, 0.5) is 0 Å². The quantitative estimate of drug-likeness (QED) is 0.803. The molecule has 0 saturated heterocycles. The lowest BCUT2D eigenvalue weighted by Crippen LogP contribution is -2.50. The molecule has 1 aromatic carbocycles. The van der Waals surface area contributed by atoms with Crippen LogP contribution in [-0.4, -0.2) is 21.9 Å². The summed E-state index contributed by atoms with van der Waals surface area (Å²) in [5.41, 5.74) is 2.17. The molecule has 1 fully saturated rings. The molecule has 4 atom stereocenters. The number of hydrogen-bond acceptors (Lipinski definition) is 3. The molecule has 0 unspecified atom stereocenters. The number of rotatable bonds is 3. The Bertz CT molecular complexity index is 603. The number of hydrogen-bond donors (Lipinski definition) is 2. The van der Waals surface area contributed by atoms with E-state index in [9.17, 15) is 10.2 Å². The zero-order valence-electron chi connectivity index (χ0n) is 13.7. The van der Waals surface area contributed by atoms with Crippen molar-refractivity contribution in [2.24, 2.45) is 5.92 Å². The van der Waals surface area contributed by atoms with Gasteiger partial charge in [0.05, 0.1) is 5.60 Å². The number of phenolic OH excluding ortho intramolecular Hbond substituents is 1. The van der Waals surface area contributed by atoms with Gasteiger partial charge in [-0.25, -0.2) is 0 Å². The summed E-state index contributed by atoms with van der Waals surface area (Å²) < 4.78 is 6.12. The van der Waals surface area contributed by atoms with Crippen LogP contribution in [0.3, 0.4) is 0 Å². The average Bonchev–Trinajstić information content (AvgIpc) is 2.80. The van der Waals surface area contributed by atoms with E-state index in [-0.39, 0.29) is 25.4 Å². The minimum atomic E-state index is -0.868. The number of fused-ring (bicyclic) bond motifs is 3. The molecule has 1 heterocycles. The molecule has 1 aliphatic carbocycles. The monoisotopic (exact) mass is 318 g/mol. The normalized spacial score (nSPS) is 31.6. The van der Waals surface area contributed by atoms with Crippen molar-refractivity contribution in [2.45, 2.75) is 71.5 Å². The molecule has 0 aromatic heterocycles. The Morgan fingerprint density at radius 3 is 2.74 bits per heavy atom. The molecular formula is C20H30O3. The van der Waals surface area contributed by atoms with Crippen molar-refractivity contribution in [3.8, 4) is 11.5 Å². The van der Waals surface area contributed by atoms with Crippen LogP contribution >= 0.6 is 0 Å². The highest BCUT2D eigenvalue weighted by Gasteiger charge is 2.53. The van der Waals surface area contributed by atoms with Gasteiger partial charge in [-0.3, -0.25) is 0 Å². The Kier molecular flexibility index (Phi) is 4.81. The van der Waals surface area contributed by atoms with E-state index in [1.807, 2.05) is 26.0 Å². The van der Waals surface area contributed by atoms with Gasteiger partial charge < -0.3 is 14.9 Å². The van der Waals surface area contributed by atoms with Crippen LogP contribution in [-0.2, 0) is 6.42 Å². The molecular weight excluding hydrogens is 288 g/mol. The number of phenols is 1. The molecule has 0 radical (unpaired) electrons. The Hall–Kier alpha value is -1.48. The highest BCUT2D eigenvalue weighted by Crippen LogP contribution is 2.56. The van der Waals surface area contributed by atoms with E-state index < -0.39 is 5.60 Å². The molecule has 0 spiro atoms. The summed E-state index contributed by atoms with van der Waals surface area (Å²) in [6, 6.07) is 3.88. The second-order valence-corrected chi connectivity index (χ2v) is 7.19. The second kappa shape index (κ2) is 6.20. The molecule has 1 aliphatic heterocycles. The van der Waals surface area contributed by atoms with E-state index >= 15 is 0 Å². The standard InChI is InChI=1S/C19H26O3.CH4/c1-5-6-12-9-14(20)17-15(10-12)22-18-16(17)13(11(2)3)7-8-19(18,4)21;/h9-10,13,16,18,20-21H,2,5-8H2,1,3-4H3;1H4/t13-,16+,18-,19-;/m0./s1. The minimum absolute atomic E-state index is 0. The van der Waals surface area contributed by atoms with Crippen molar-refractivity contribution in [2.75, 3.05) is 0 Å². The number of aliphatic hydroxyl groups is 1. The predicted molar refractivity (Wildman–Crippen MR) is 94.2 cm³/mol. The molecule has 0 bridgehead atoms. The second-order valence-electron chi connectivity index (χ2n) is 7.19. The highest BCUT2D eigenvalue weighted by molar-refractivity contribution is 5.54. The van der Waals surface area contributed by atoms with Gasteiger partial charge in [0.15, 0.2) is 0 Å². The van der Waals surface area contributed by atoms with Gasteiger partial charge in [-0.05, 0) is 56.7 Å². The first kappa shape index (κ1) is 17.9. The molecule has 3 rings (SSSR count). The summed E-state index contributed by atoms with van der Waals surface area (Å²) in [7, 11) is 0. The van der Waals surface area contributed by atoms with Gasteiger partial charge in [0.1, 0.15) is 17.6 Å². The van der Waals surface area contributed by atoms with E-state index in [1.165, 1.54) is 0 Å². The molecule has 3 nitrogen and oxygen atoms in total. The van der Waals surface area contributed by atoms with Gasteiger partial charge in [-0.2, -0.15) is 0 Å². The number of aryl methyl sites for hydroxylation is 1. The van der Waals surface area contributed by atoms with E-state index in [1.54, 1.807) is 0 Å². The fourth-order valence-corrected chi connectivity index (χ4v) is 4.14. The summed E-state index contributed by atoms with van der Waals surface area (Å²) >= 11 is 0. The minimum Gasteiger partial charge on any atom is -0.508 e. The van der Waals surface area contributed by atoms with Crippen molar-refractivity contribution in [3.05, 3.63) is 35.4 Å². The molecule has 23 heavy (non-hydrogen) atoms. The van der Waals surface area contributed by atoms with Gasteiger partial charge in [-0.15, -0.1) is 0 Å². The van der Waals surface area contributed by atoms with Crippen molar-refractivity contribution >= 4 is 0 Å². The summed E-state index contributed by atoms with van der Waals surface area (Å²) in [5, 5.41) is 21.3. The first-order chi connectivity index (χ1) is 10.3. The maximum absolute atomic E-state index is 10.7. The van der Waals surface area contributed by atoms with Crippen molar-refractivity contribution in [1.29, 1.82) is 0 Å². The molecule has 2 aliphatic rings. The van der Waals surface area contributed by atoms with Crippen LogP contribution in [0.15, 0.2) is 24.3 Å². The predicted octanol–water partition coefficient (Wildman–Crippen LogP) is 4.56. The smallest absolute Gasteiger partial charge is 0.135 e. The number of benzene rings is 1. The van der Waals surface area contributed by atoms with E-state index in [0.29, 0.717) is 12.2 Å².